The first-order valence-electron chi connectivity index (χ1n) is 6.94. The van der Waals surface area contributed by atoms with Gasteiger partial charge in [-0.3, -0.25) is 4.90 Å². The smallest absolute Gasteiger partial charge is 0.328 e. The normalized spacial score (nSPS) is 19.5. The second-order valence-electron chi connectivity index (χ2n) is 5.33. The van der Waals surface area contributed by atoms with E-state index in [9.17, 15) is 9.90 Å². The Balaban J connectivity index is 1.84. The molecule has 0 aromatic carbocycles. The van der Waals surface area contributed by atoms with Gasteiger partial charge in [0.1, 0.15) is 0 Å². The average Bonchev–Trinajstić information content (AvgIpc) is 2.84. The fourth-order valence-electron chi connectivity index (χ4n) is 2.54. The van der Waals surface area contributed by atoms with E-state index in [1.807, 2.05) is 13.0 Å². The number of piperidine rings is 1. The van der Waals surface area contributed by atoms with Crippen LogP contribution in [0.15, 0.2) is 18.2 Å². The number of aliphatic hydroxyl groups excluding tert-OH is 1. The molecule has 2 rings (SSSR count). The molecule has 4 nitrogen and oxygen atoms in total. The van der Waals surface area contributed by atoms with E-state index < -0.39 is 5.97 Å². The molecule has 0 radical (unpaired) electrons. The number of likely N-dealkylation sites (tertiary alicyclic amines) is 1. The zero-order valence-electron chi connectivity index (χ0n) is 11.7. The number of hydrogen-bond donors (Lipinski definition) is 2. The lowest BCUT2D eigenvalue weighted by Gasteiger charge is -2.32. The van der Waals surface area contributed by atoms with Crippen molar-refractivity contribution in [1.29, 1.82) is 0 Å². The van der Waals surface area contributed by atoms with E-state index in [1.165, 1.54) is 11.0 Å². The fraction of sp³-hybridized carbons (Fsp3) is 0.533. The molecule has 110 valence electrons. The molecule has 1 aromatic heterocycles. The summed E-state index contributed by atoms with van der Waals surface area (Å²) >= 11 is 1.63. The van der Waals surface area contributed by atoms with Crippen molar-refractivity contribution < 1.29 is 15.0 Å². The number of carbonyl (C=O) groups is 1. The lowest BCUT2D eigenvalue weighted by atomic mass is 9.92. The molecule has 1 saturated heterocycles. The second-order valence-corrected chi connectivity index (χ2v) is 6.53. The van der Waals surface area contributed by atoms with Crippen molar-refractivity contribution >= 4 is 23.4 Å². The number of hydrogen-bond acceptors (Lipinski definition) is 4. The van der Waals surface area contributed by atoms with Gasteiger partial charge in [-0.2, -0.15) is 0 Å². The minimum absolute atomic E-state index is 0.202. The highest BCUT2D eigenvalue weighted by molar-refractivity contribution is 7.12. The van der Waals surface area contributed by atoms with E-state index in [0.717, 1.165) is 37.4 Å². The van der Waals surface area contributed by atoms with Crippen LogP contribution in [-0.4, -0.2) is 40.3 Å². The van der Waals surface area contributed by atoms with Gasteiger partial charge in [-0.25, -0.2) is 4.79 Å². The van der Waals surface area contributed by atoms with E-state index in [0.29, 0.717) is 5.92 Å². The second kappa shape index (κ2) is 7.02. The molecule has 0 aliphatic carbocycles. The molecule has 0 saturated carbocycles. The number of thiophene rings is 1. The van der Waals surface area contributed by atoms with Crippen LogP contribution in [-0.2, 0) is 11.3 Å². The van der Waals surface area contributed by atoms with Gasteiger partial charge in [-0.15, -0.1) is 11.3 Å². The molecule has 1 fully saturated rings. The summed E-state index contributed by atoms with van der Waals surface area (Å²) in [6.07, 6.45) is 4.70. The van der Waals surface area contributed by atoms with Gasteiger partial charge in [0, 0.05) is 22.4 Å². The van der Waals surface area contributed by atoms with E-state index in [1.54, 1.807) is 17.4 Å². The van der Waals surface area contributed by atoms with Crippen LogP contribution in [0, 0.1) is 5.92 Å². The highest BCUT2D eigenvalue weighted by Crippen LogP contribution is 2.24. The number of aliphatic carboxylic acids is 1. The van der Waals surface area contributed by atoms with Gasteiger partial charge in [0.15, 0.2) is 0 Å². The Morgan fingerprint density at radius 1 is 1.50 bits per heavy atom. The Hall–Kier alpha value is -1.17. The number of carboxylic acids is 1. The summed E-state index contributed by atoms with van der Waals surface area (Å²) in [6.45, 7) is 4.83. The van der Waals surface area contributed by atoms with Gasteiger partial charge in [0.2, 0.25) is 0 Å². The molecule has 1 atom stereocenters. The fourth-order valence-corrected chi connectivity index (χ4v) is 3.49. The lowest BCUT2D eigenvalue weighted by molar-refractivity contribution is -0.131. The van der Waals surface area contributed by atoms with Gasteiger partial charge in [0.05, 0.1) is 6.10 Å². The third-order valence-electron chi connectivity index (χ3n) is 3.77. The summed E-state index contributed by atoms with van der Waals surface area (Å²) < 4.78 is 0. The summed E-state index contributed by atoms with van der Waals surface area (Å²) in [5.41, 5.74) is 0. The Kier molecular flexibility index (Phi) is 5.34. The SMILES string of the molecule is CC(O)C1CCN(Cc2ccc(/C=C/C(=O)O)s2)CC1. The average molecular weight is 295 g/mol. The zero-order chi connectivity index (χ0) is 14.5. The number of carboxylic acid groups (broad SMARTS) is 1. The Morgan fingerprint density at radius 3 is 2.80 bits per heavy atom. The maximum Gasteiger partial charge on any atom is 0.328 e. The van der Waals surface area contributed by atoms with Gasteiger partial charge in [-0.05, 0) is 57.0 Å². The topological polar surface area (TPSA) is 60.8 Å². The van der Waals surface area contributed by atoms with Gasteiger partial charge >= 0.3 is 5.97 Å². The van der Waals surface area contributed by atoms with E-state index in [4.69, 9.17) is 5.11 Å². The molecule has 1 aromatic rings. The maximum absolute atomic E-state index is 10.5. The molecule has 2 N–H and O–H groups in total. The summed E-state index contributed by atoms with van der Waals surface area (Å²) in [6, 6.07) is 4.02. The van der Waals surface area contributed by atoms with E-state index in [2.05, 4.69) is 11.0 Å². The first-order chi connectivity index (χ1) is 9.54. The van der Waals surface area contributed by atoms with Crippen LogP contribution >= 0.6 is 11.3 Å². The molecule has 0 bridgehead atoms. The molecule has 1 unspecified atom stereocenters. The molecule has 1 aliphatic rings. The van der Waals surface area contributed by atoms with Crippen LogP contribution in [0.1, 0.15) is 29.5 Å². The largest absolute Gasteiger partial charge is 0.478 e. The third-order valence-corrected chi connectivity index (χ3v) is 4.80. The molecule has 5 heteroatoms. The Morgan fingerprint density at radius 2 is 2.20 bits per heavy atom. The number of aliphatic hydroxyl groups is 1. The van der Waals surface area contributed by atoms with Crippen molar-refractivity contribution in [2.24, 2.45) is 5.92 Å². The van der Waals surface area contributed by atoms with Crippen molar-refractivity contribution in [3.05, 3.63) is 28.0 Å². The molecule has 2 heterocycles. The molecular formula is C15H21NO3S. The van der Waals surface area contributed by atoms with Crippen molar-refractivity contribution in [2.75, 3.05) is 13.1 Å². The quantitative estimate of drug-likeness (QED) is 0.819. The van der Waals surface area contributed by atoms with Gasteiger partial charge < -0.3 is 10.2 Å². The standard InChI is InChI=1S/C15H21NO3S/c1-11(17)12-6-8-16(9-7-12)10-14-3-2-13(20-14)4-5-15(18)19/h2-5,11-12,17H,6-10H2,1H3,(H,18,19)/b5-4+. The van der Waals surface area contributed by atoms with E-state index in [-0.39, 0.29) is 6.10 Å². The van der Waals surface area contributed by atoms with Gasteiger partial charge in [0.25, 0.3) is 0 Å². The first kappa shape index (κ1) is 15.2. The van der Waals surface area contributed by atoms with Crippen LogP contribution in [0.25, 0.3) is 6.08 Å². The van der Waals surface area contributed by atoms with E-state index >= 15 is 0 Å². The Bertz CT molecular complexity index is 473. The third kappa shape index (κ3) is 4.44. The van der Waals surface area contributed by atoms with Crippen LogP contribution in [0.5, 0.6) is 0 Å². The van der Waals surface area contributed by atoms with Crippen LogP contribution in [0.2, 0.25) is 0 Å². The van der Waals surface area contributed by atoms with Crippen LogP contribution in [0.4, 0.5) is 0 Å². The zero-order valence-corrected chi connectivity index (χ0v) is 12.5. The van der Waals surface area contributed by atoms with Gasteiger partial charge in [-0.1, -0.05) is 0 Å². The predicted octanol–water partition coefficient (Wildman–Crippen LogP) is 2.44. The van der Waals surface area contributed by atoms with Crippen molar-refractivity contribution in [1.82, 2.24) is 4.90 Å². The minimum Gasteiger partial charge on any atom is -0.478 e. The summed E-state index contributed by atoms with van der Waals surface area (Å²) in [7, 11) is 0. The monoisotopic (exact) mass is 295 g/mol. The minimum atomic E-state index is -0.917. The van der Waals surface area contributed by atoms with Crippen LogP contribution in [0.3, 0.4) is 0 Å². The summed E-state index contributed by atoms with van der Waals surface area (Å²) in [5, 5.41) is 18.2. The number of nitrogens with zero attached hydrogens (tertiary/aromatic N) is 1. The molecule has 20 heavy (non-hydrogen) atoms. The Labute approximate surface area is 123 Å². The van der Waals surface area contributed by atoms with Crippen molar-refractivity contribution in [3.63, 3.8) is 0 Å². The number of rotatable bonds is 5. The maximum atomic E-state index is 10.5. The summed E-state index contributed by atoms with van der Waals surface area (Å²) in [5.74, 6) is -0.483. The molecule has 1 aliphatic heterocycles. The first-order valence-corrected chi connectivity index (χ1v) is 7.76. The lowest BCUT2D eigenvalue weighted by Crippen LogP contribution is -2.36. The molecule has 0 amide bonds. The summed E-state index contributed by atoms with van der Waals surface area (Å²) in [4.78, 5) is 15.1. The predicted molar refractivity (Wildman–Crippen MR) is 80.7 cm³/mol. The highest BCUT2D eigenvalue weighted by atomic mass is 32.1. The molecule has 0 spiro atoms. The van der Waals surface area contributed by atoms with Crippen molar-refractivity contribution in [2.45, 2.75) is 32.4 Å². The molecular weight excluding hydrogens is 274 g/mol. The van der Waals surface area contributed by atoms with Crippen LogP contribution < -0.4 is 0 Å². The highest BCUT2D eigenvalue weighted by Gasteiger charge is 2.22. The van der Waals surface area contributed by atoms with Crippen molar-refractivity contribution in [3.8, 4) is 0 Å².